The molecule has 0 bridgehead atoms. The van der Waals surface area contributed by atoms with Gasteiger partial charge in [-0.1, -0.05) is 49.0 Å². The molecule has 1 heterocycles. The second-order valence-electron chi connectivity index (χ2n) is 4.91. The van der Waals surface area contributed by atoms with Gasteiger partial charge in [-0.15, -0.1) is 0 Å². The predicted octanol–water partition coefficient (Wildman–Crippen LogP) is 3.33. The van der Waals surface area contributed by atoms with E-state index >= 15 is 0 Å². The van der Waals surface area contributed by atoms with Crippen LogP contribution in [0.5, 0.6) is 0 Å². The standard InChI is InChI=1S/C18H16N2O2/c1-2-17(21)19-15-11-7-6-10-14(15)18-20-16(12-22-18)13-8-4-3-5-9-13/h2-11,16H,1,12H2,(H,19,21). The largest absolute Gasteiger partial charge is 0.475 e. The molecule has 4 nitrogen and oxygen atoms in total. The van der Waals surface area contributed by atoms with E-state index in [1.807, 2.05) is 54.6 Å². The van der Waals surface area contributed by atoms with Gasteiger partial charge in [0.1, 0.15) is 12.6 Å². The second kappa shape index (κ2) is 6.26. The number of anilines is 1. The zero-order chi connectivity index (χ0) is 15.4. The topological polar surface area (TPSA) is 50.7 Å². The molecule has 0 radical (unpaired) electrons. The Morgan fingerprint density at radius 1 is 1.18 bits per heavy atom. The van der Waals surface area contributed by atoms with Gasteiger partial charge in [0.15, 0.2) is 0 Å². The molecule has 3 rings (SSSR count). The van der Waals surface area contributed by atoms with Gasteiger partial charge in [0.25, 0.3) is 0 Å². The van der Waals surface area contributed by atoms with Crippen molar-refractivity contribution in [1.82, 2.24) is 0 Å². The van der Waals surface area contributed by atoms with Crippen LogP contribution in [0.4, 0.5) is 5.69 Å². The smallest absolute Gasteiger partial charge is 0.247 e. The third kappa shape index (κ3) is 2.91. The van der Waals surface area contributed by atoms with Crippen LogP contribution in [0.2, 0.25) is 0 Å². The molecule has 1 aliphatic rings. The Labute approximate surface area is 129 Å². The van der Waals surface area contributed by atoms with Crippen molar-refractivity contribution in [1.29, 1.82) is 0 Å². The van der Waals surface area contributed by atoms with Crippen LogP contribution in [0.15, 0.2) is 72.2 Å². The van der Waals surface area contributed by atoms with Gasteiger partial charge in [-0.05, 0) is 23.8 Å². The van der Waals surface area contributed by atoms with Gasteiger partial charge in [0.05, 0.1) is 11.3 Å². The summed E-state index contributed by atoms with van der Waals surface area (Å²) in [5, 5.41) is 2.77. The van der Waals surface area contributed by atoms with Crippen molar-refractivity contribution in [3.63, 3.8) is 0 Å². The van der Waals surface area contributed by atoms with E-state index in [2.05, 4.69) is 16.9 Å². The average molecular weight is 292 g/mol. The van der Waals surface area contributed by atoms with Crippen LogP contribution < -0.4 is 5.32 Å². The quantitative estimate of drug-likeness (QED) is 0.879. The van der Waals surface area contributed by atoms with Gasteiger partial charge in [-0.2, -0.15) is 0 Å². The van der Waals surface area contributed by atoms with E-state index in [9.17, 15) is 4.79 Å². The van der Waals surface area contributed by atoms with E-state index < -0.39 is 0 Å². The van der Waals surface area contributed by atoms with Crippen molar-refractivity contribution >= 4 is 17.5 Å². The van der Waals surface area contributed by atoms with Crippen molar-refractivity contribution in [2.45, 2.75) is 6.04 Å². The number of hydrogen-bond acceptors (Lipinski definition) is 3. The van der Waals surface area contributed by atoms with E-state index in [0.29, 0.717) is 18.2 Å². The minimum absolute atomic E-state index is 0.0145. The van der Waals surface area contributed by atoms with Crippen molar-refractivity contribution in [3.8, 4) is 0 Å². The third-order valence-electron chi connectivity index (χ3n) is 3.44. The van der Waals surface area contributed by atoms with Gasteiger partial charge in [0, 0.05) is 0 Å². The number of carbonyl (C=O) groups is 1. The number of carbonyl (C=O) groups excluding carboxylic acids is 1. The van der Waals surface area contributed by atoms with E-state index in [1.54, 1.807) is 0 Å². The minimum Gasteiger partial charge on any atom is -0.475 e. The van der Waals surface area contributed by atoms with Crippen LogP contribution in [0.25, 0.3) is 0 Å². The number of ether oxygens (including phenoxy) is 1. The number of hydrogen-bond donors (Lipinski definition) is 1. The maximum atomic E-state index is 11.5. The number of nitrogens with zero attached hydrogens (tertiary/aromatic N) is 1. The maximum absolute atomic E-state index is 11.5. The summed E-state index contributed by atoms with van der Waals surface area (Å²) in [5.41, 5.74) is 2.56. The fraction of sp³-hybridized carbons (Fsp3) is 0.111. The first-order valence-electron chi connectivity index (χ1n) is 7.06. The predicted molar refractivity (Wildman–Crippen MR) is 86.9 cm³/mol. The summed E-state index contributed by atoms with van der Waals surface area (Å²) >= 11 is 0. The number of aliphatic imine (C=N–C) groups is 1. The first kappa shape index (κ1) is 14.1. The van der Waals surface area contributed by atoms with Crippen molar-refractivity contribution in [2.75, 3.05) is 11.9 Å². The van der Waals surface area contributed by atoms with Crippen LogP contribution >= 0.6 is 0 Å². The number of nitrogens with one attached hydrogen (secondary N) is 1. The van der Waals surface area contributed by atoms with Crippen LogP contribution in [-0.4, -0.2) is 18.4 Å². The molecule has 1 aliphatic heterocycles. The number of rotatable bonds is 4. The van der Waals surface area contributed by atoms with E-state index in [-0.39, 0.29) is 11.9 Å². The Kier molecular flexibility index (Phi) is 4.01. The van der Waals surface area contributed by atoms with Crippen LogP contribution in [0.1, 0.15) is 17.2 Å². The Bertz CT molecular complexity index is 723. The average Bonchev–Trinajstić information content (AvgIpc) is 3.06. The summed E-state index contributed by atoms with van der Waals surface area (Å²) in [6.45, 7) is 3.97. The molecule has 0 saturated carbocycles. The van der Waals surface area contributed by atoms with Crippen LogP contribution in [0.3, 0.4) is 0 Å². The molecule has 1 N–H and O–H groups in total. The highest BCUT2D eigenvalue weighted by Gasteiger charge is 2.23. The lowest BCUT2D eigenvalue weighted by molar-refractivity contribution is -0.111. The highest BCUT2D eigenvalue weighted by Crippen LogP contribution is 2.27. The summed E-state index contributed by atoms with van der Waals surface area (Å²) in [5.74, 6) is 0.291. The monoisotopic (exact) mass is 292 g/mol. The van der Waals surface area contributed by atoms with Gasteiger partial charge in [0.2, 0.25) is 11.8 Å². The highest BCUT2D eigenvalue weighted by molar-refractivity contribution is 6.06. The van der Waals surface area contributed by atoms with Crippen LogP contribution in [0, 0.1) is 0 Å². The molecule has 2 aromatic carbocycles. The number of amides is 1. The molecule has 1 amide bonds. The summed E-state index contributed by atoms with van der Waals surface area (Å²) in [6.07, 6.45) is 1.24. The summed E-state index contributed by atoms with van der Waals surface area (Å²) in [4.78, 5) is 16.2. The zero-order valence-electron chi connectivity index (χ0n) is 12.0. The molecule has 0 aliphatic carbocycles. The molecule has 0 fully saturated rings. The SMILES string of the molecule is C=CC(=O)Nc1ccccc1C1=NC(c2ccccc2)CO1. The van der Waals surface area contributed by atoms with Crippen molar-refractivity contribution < 1.29 is 9.53 Å². The lowest BCUT2D eigenvalue weighted by atomic mass is 10.1. The normalized spacial score (nSPS) is 16.5. The number of benzene rings is 2. The summed E-state index contributed by atoms with van der Waals surface area (Å²) < 4.78 is 5.73. The second-order valence-corrected chi connectivity index (χ2v) is 4.91. The lowest BCUT2D eigenvalue weighted by Gasteiger charge is -2.09. The molecule has 4 heteroatoms. The molecular formula is C18H16N2O2. The van der Waals surface area contributed by atoms with Gasteiger partial charge in [-0.3, -0.25) is 4.79 Å². The Morgan fingerprint density at radius 2 is 1.91 bits per heavy atom. The zero-order valence-corrected chi connectivity index (χ0v) is 12.0. The van der Waals surface area contributed by atoms with Crippen LogP contribution in [-0.2, 0) is 9.53 Å². The molecule has 0 aromatic heterocycles. The Morgan fingerprint density at radius 3 is 2.68 bits per heavy atom. The lowest BCUT2D eigenvalue weighted by Crippen LogP contribution is -2.12. The Hall–Kier alpha value is -2.88. The van der Waals surface area contributed by atoms with Gasteiger partial charge >= 0.3 is 0 Å². The molecule has 0 spiro atoms. The van der Waals surface area contributed by atoms with Crippen molar-refractivity contribution in [3.05, 3.63) is 78.4 Å². The fourth-order valence-electron chi connectivity index (χ4n) is 2.33. The molecule has 1 unspecified atom stereocenters. The van der Waals surface area contributed by atoms with Crippen molar-refractivity contribution in [2.24, 2.45) is 4.99 Å². The van der Waals surface area contributed by atoms with Gasteiger partial charge in [-0.25, -0.2) is 4.99 Å². The molecule has 22 heavy (non-hydrogen) atoms. The molecule has 1 atom stereocenters. The fourth-order valence-corrected chi connectivity index (χ4v) is 2.33. The minimum atomic E-state index is -0.259. The highest BCUT2D eigenvalue weighted by atomic mass is 16.5. The molecule has 0 saturated heterocycles. The molecule has 110 valence electrons. The maximum Gasteiger partial charge on any atom is 0.247 e. The molecule has 2 aromatic rings. The summed E-state index contributed by atoms with van der Waals surface area (Å²) in [6, 6.07) is 17.4. The first-order chi connectivity index (χ1) is 10.8. The third-order valence-corrected chi connectivity index (χ3v) is 3.44. The number of para-hydroxylation sites is 1. The summed E-state index contributed by atoms with van der Waals surface area (Å²) in [7, 11) is 0. The molecular weight excluding hydrogens is 276 g/mol. The van der Waals surface area contributed by atoms with E-state index in [1.165, 1.54) is 6.08 Å². The Balaban J connectivity index is 1.89. The van der Waals surface area contributed by atoms with Gasteiger partial charge < -0.3 is 10.1 Å². The first-order valence-corrected chi connectivity index (χ1v) is 7.06. The van der Waals surface area contributed by atoms with E-state index in [0.717, 1.165) is 11.1 Å². The van der Waals surface area contributed by atoms with E-state index in [4.69, 9.17) is 4.74 Å².